The first-order chi connectivity index (χ1) is 17.8. The SMILES string of the molecule is CCc1ccc(NC(=O)Cn2c(=O)n(-c3ccc(C)cc3)c(=O)c3c2c2cc(OC)ccc2n3C)cc1. The minimum Gasteiger partial charge on any atom is -0.497 e. The molecule has 37 heavy (non-hydrogen) atoms. The first-order valence-electron chi connectivity index (χ1n) is 12.1. The maximum Gasteiger partial charge on any atom is 0.336 e. The van der Waals surface area contributed by atoms with Crippen molar-refractivity contribution in [2.45, 2.75) is 26.8 Å². The van der Waals surface area contributed by atoms with Crippen molar-refractivity contribution in [3.63, 3.8) is 0 Å². The van der Waals surface area contributed by atoms with Gasteiger partial charge in [0.1, 0.15) is 17.8 Å². The summed E-state index contributed by atoms with van der Waals surface area (Å²) < 4.78 is 9.66. The van der Waals surface area contributed by atoms with Crippen LogP contribution in [0.25, 0.3) is 27.6 Å². The maximum atomic E-state index is 13.9. The van der Waals surface area contributed by atoms with Crippen LogP contribution < -0.4 is 21.3 Å². The molecule has 188 valence electrons. The van der Waals surface area contributed by atoms with Gasteiger partial charge in [-0.25, -0.2) is 9.36 Å². The maximum absolute atomic E-state index is 13.9. The van der Waals surface area contributed by atoms with Crippen LogP contribution in [-0.2, 0) is 24.8 Å². The highest BCUT2D eigenvalue weighted by atomic mass is 16.5. The molecule has 5 rings (SSSR count). The van der Waals surface area contributed by atoms with Crippen LogP contribution in [0.4, 0.5) is 5.69 Å². The van der Waals surface area contributed by atoms with E-state index in [4.69, 9.17) is 4.74 Å². The van der Waals surface area contributed by atoms with E-state index in [2.05, 4.69) is 12.2 Å². The molecule has 0 bridgehead atoms. The molecule has 0 unspecified atom stereocenters. The molecule has 0 aliphatic heterocycles. The lowest BCUT2D eigenvalue weighted by molar-refractivity contribution is -0.116. The van der Waals surface area contributed by atoms with E-state index >= 15 is 0 Å². The number of hydrogen-bond donors (Lipinski definition) is 1. The second-order valence-corrected chi connectivity index (χ2v) is 9.08. The number of ether oxygens (including phenoxy) is 1. The number of benzene rings is 3. The van der Waals surface area contributed by atoms with E-state index in [-0.39, 0.29) is 12.5 Å². The predicted molar refractivity (Wildman–Crippen MR) is 146 cm³/mol. The predicted octanol–water partition coefficient (Wildman–Crippen LogP) is 4.16. The van der Waals surface area contributed by atoms with Crippen molar-refractivity contribution in [2.75, 3.05) is 12.4 Å². The van der Waals surface area contributed by atoms with E-state index in [9.17, 15) is 14.4 Å². The average Bonchev–Trinajstić information content (AvgIpc) is 3.19. The van der Waals surface area contributed by atoms with E-state index in [1.807, 2.05) is 49.4 Å². The highest BCUT2D eigenvalue weighted by Gasteiger charge is 2.23. The number of aromatic nitrogens is 3. The summed E-state index contributed by atoms with van der Waals surface area (Å²) >= 11 is 0. The summed E-state index contributed by atoms with van der Waals surface area (Å²) in [5.41, 5.74) is 3.66. The minimum atomic E-state index is -0.590. The number of hydrogen-bond acceptors (Lipinski definition) is 4. The first kappa shape index (κ1) is 24.1. The number of carbonyl (C=O) groups excluding carboxylic acids is 1. The topological polar surface area (TPSA) is 87.3 Å². The molecule has 0 radical (unpaired) electrons. The van der Waals surface area contributed by atoms with Gasteiger partial charge in [0, 0.05) is 18.1 Å². The lowest BCUT2D eigenvalue weighted by atomic mass is 10.1. The zero-order chi connectivity index (χ0) is 26.3. The van der Waals surface area contributed by atoms with Crippen LogP contribution >= 0.6 is 0 Å². The summed E-state index contributed by atoms with van der Waals surface area (Å²) in [6, 6.07) is 20.2. The van der Waals surface area contributed by atoms with Gasteiger partial charge in [0.25, 0.3) is 5.56 Å². The van der Waals surface area contributed by atoms with Crippen molar-refractivity contribution in [1.82, 2.24) is 13.7 Å². The third-order valence-corrected chi connectivity index (χ3v) is 6.72. The van der Waals surface area contributed by atoms with Crippen LogP contribution in [0.1, 0.15) is 18.1 Å². The second-order valence-electron chi connectivity index (χ2n) is 9.08. The van der Waals surface area contributed by atoms with Crippen molar-refractivity contribution in [1.29, 1.82) is 0 Å². The second kappa shape index (κ2) is 9.46. The number of aryl methyl sites for hydroxylation is 3. The van der Waals surface area contributed by atoms with Crippen molar-refractivity contribution in [3.8, 4) is 11.4 Å². The zero-order valence-electron chi connectivity index (χ0n) is 21.2. The number of nitrogens with one attached hydrogen (secondary N) is 1. The van der Waals surface area contributed by atoms with Gasteiger partial charge in [-0.3, -0.25) is 14.2 Å². The van der Waals surface area contributed by atoms with Gasteiger partial charge in [-0.2, -0.15) is 0 Å². The standard InChI is InChI=1S/C29H28N4O4/c1-5-19-8-10-20(11-9-19)30-25(34)17-32-26-23-16-22(37-4)14-15-24(23)31(3)27(26)28(35)33(29(32)36)21-12-6-18(2)7-13-21/h6-16H,5,17H2,1-4H3,(H,30,34). The number of methoxy groups -OCH3 is 1. The first-order valence-corrected chi connectivity index (χ1v) is 12.1. The largest absolute Gasteiger partial charge is 0.497 e. The average molecular weight is 497 g/mol. The zero-order valence-corrected chi connectivity index (χ0v) is 21.2. The van der Waals surface area contributed by atoms with Gasteiger partial charge < -0.3 is 14.6 Å². The lowest BCUT2D eigenvalue weighted by Gasteiger charge is -2.14. The molecule has 8 heteroatoms. The van der Waals surface area contributed by atoms with Crippen LogP contribution in [0.15, 0.2) is 76.3 Å². The Hall–Kier alpha value is -4.59. The summed E-state index contributed by atoms with van der Waals surface area (Å²) in [7, 11) is 3.34. The van der Waals surface area contributed by atoms with Crippen LogP contribution in [0.3, 0.4) is 0 Å². The number of fused-ring (bicyclic) bond motifs is 3. The number of nitrogens with zero attached hydrogens (tertiary/aromatic N) is 3. The van der Waals surface area contributed by atoms with Crippen molar-refractivity contribution >= 4 is 33.5 Å². The highest BCUT2D eigenvalue weighted by Crippen LogP contribution is 2.29. The monoisotopic (exact) mass is 496 g/mol. The van der Waals surface area contributed by atoms with E-state index in [1.54, 1.807) is 43.0 Å². The van der Waals surface area contributed by atoms with Crippen LogP contribution in [0.2, 0.25) is 0 Å². The molecule has 0 aliphatic carbocycles. The Morgan fingerprint density at radius 1 is 0.946 bits per heavy atom. The summed E-state index contributed by atoms with van der Waals surface area (Å²) in [6.07, 6.45) is 0.896. The van der Waals surface area contributed by atoms with Gasteiger partial charge in [0.05, 0.1) is 23.8 Å². The number of anilines is 1. The molecule has 0 saturated carbocycles. The molecule has 1 N–H and O–H groups in total. The van der Waals surface area contributed by atoms with Gasteiger partial charge in [0.2, 0.25) is 5.91 Å². The molecule has 1 amide bonds. The fourth-order valence-electron chi connectivity index (χ4n) is 4.69. The highest BCUT2D eigenvalue weighted by molar-refractivity contribution is 6.07. The van der Waals surface area contributed by atoms with E-state index in [0.717, 1.165) is 27.6 Å². The summed E-state index contributed by atoms with van der Waals surface area (Å²) in [6.45, 7) is 3.73. The quantitative estimate of drug-likeness (QED) is 0.382. The number of rotatable bonds is 6. The summed E-state index contributed by atoms with van der Waals surface area (Å²) in [4.78, 5) is 40.8. The lowest BCUT2D eigenvalue weighted by Crippen LogP contribution is -2.41. The Labute approximate surface area is 213 Å². The van der Waals surface area contributed by atoms with Crippen LogP contribution in [0.5, 0.6) is 5.75 Å². The third-order valence-electron chi connectivity index (χ3n) is 6.72. The Morgan fingerprint density at radius 2 is 1.65 bits per heavy atom. The van der Waals surface area contributed by atoms with Gasteiger partial charge in [0.15, 0.2) is 0 Å². The van der Waals surface area contributed by atoms with E-state index in [0.29, 0.717) is 33.5 Å². The molecule has 2 heterocycles. The van der Waals surface area contributed by atoms with Crippen LogP contribution in [0, 0.1) is 6.92 Å². The Bertz CT molecular complexity index is 1760. The molecule has 0 fully saturated rings. The Balaban J connectivity index is 1.74. The Morgan fingerprint density at radius 3 is 2.30 bits per heavy atom. The molecular formula is C29H28N4O4. The van der Waals surface area contributed by atoms with E-state index in [1.165, 1.54) is 4.57 Å². The molecule has 0 atom stereocenters. The normalized spacial score (nSPS) is 11.2. The molecule has 8 nitrogen and oxygen atoms in total. The third kappa shape index (κ3) is 4.20. The van der Waals surface area contributed by atoms with Crippen molar-refractivity contribution in [2.24, 2.45) is 7.05 Å². The smallest absolute Gasteiger partial charge is 0.336 e. The fraction of sp³-hybridized carbons (Fsp3) is 0.207. The summed E-state index contributed by atoms with van der Waals surface area (Å²) in [5.74, 6) is 0.212. The molecule has 5 aromatic rings. The molecular weight excluding hydrogens is 468 g/mol. The molecule has 0 aliphatic rings. The van der Waals surface area contributed by atoms with Gasteiger partial charge in [-0.15, -0.1) is 0 Å². The molecule has 0 saturated heterocycles. The number of amides is 1. The number of carbonyl (C=O) groups is 1. The molecule has 2 aromatic heterocycles. The van der Waals surface area contributed by atoms with Crippen molar-refractivity contribution in [3.05, 3.63) is 98.7 Å². The Kier molecular flexibility index (Phi) is 6.17. The van der Waals surface area contributed by atoms with E-state index < -0.39 is 11.2 Å². The molecule has 3 aromatic carbocycles. The summed E-state index contributed by atoms with van der Waals surface area (Å²) in [5, 5.41) is 3.53. The van der Waals surface area contributed by atoms with Gasteiger partial charge in [-0.1, -0.05) is 36.8 Å². The fourth-order valence-corrected chi connectivity index (χ4v) is 4.69. The van der Waals surface area contributed by atoms with Gasteiger partial charge >= 0.3 is 5.69 Å². The van der Waals surface area contributed by atoms with Gasteiger partial charge in [-0.05, 0) is 61.4 Å². The molecule has 0 spiro atoms. The van der Waals surface area contributed by atoms with Crippen LogP contribution in [-0.4, -0.2) is 26.7 Å². The minimum absolute atomic E-state index is 0.271. The van der Waals surface area contributed by atoms with Crippen molar-refractivity contribution < 1.29 is 9.53 Å².